The molecule has 1 aliphatic rings. The van der Waals surface area contributed by atoms with Crippen molar-refractivity contribution in [1.82, 2.24) is 5.32 Å². The third kappa shape index (κ3) is 4.76. The molecule has 0 aromatic heterocycles. The van der Waals surface area contributed by atoms with Crippen LogP contribution in [0.5, 0.6) is 0 Å². The summed E-state index contributed by atoms with van der Waals surface area (Å²) in [5, 5.41) is 3.16. The Morgan fingerprint density at radius 1 is 1.56 bits per heavy atom. The summed E-state index contributed by atoms with van der Waals surface area (Å²) in [6, 6.07) is -0.186. The van der Waals surface area contributed by atoms with Crippen molar-refractivity contribution < 1.29 is 19.0 Å². The quantitative estimate of drug-likeness (QED) is 0.422. The highest BCUT2D eigenvalue weighted by Gasteiger charge is 2.26. The Balaban J connectivity index is 2.38. The Hall–Kier alpha value is -0.910. The standard InChI is InChI=1S/C13H23NO4/c1-4-12(17-9-16-3)10(2)18-13(15)11-7-5-6-8-14-11/h4,10-12,14H,1,5-9H2,2-3H3/t10-,11+,12+/m1/s1. The van der Waals surface area contributed by atoms with Crippen LogP contribution < -0.4 is 5.32 Å². The van der Waals surface area contributed by atoms with Gasteiger partial charge in [-0.15, -0.1) is 6.58 Å². The third-order valence-electron chi connectivity index (χ3n) is 2.97. The Morgan fingerprint density at radius 3 is 2.89 bits per heavy atom. The molecule has 1 aliphatic heterocycles. The van der Waals surface area contributed by atoms with Gasteiger partial charge in [-0.1, -0.05) is 12.5 Å². The number of carbonyl (C=O) groups excluding carboxylic acids is 1. The fourth-order valence-corrected chi connectivity index (χ4v) is 1.93. The van der Waals surface area contributed by atoms with Gasteiger partial charge in [-0.05, 0) is 26.3 Å². The number of piperidine rings is 1. The molecule has 5 nitrogen and oxygen atoms in total. The van der Waals surface area contributed by atoms with Gasteiger partial charge in [-0.2, -0.15) is 0 Å². The molecular formula is C13H23NO4. The van der Waals surface area contributed by atoms with E-state index in [0.29, 0.717) is 0 Å². The van der Waals surface area contributed by atoms with Crippen LogP contribution in [-0.4, -0.2) is 44.7 Å². The largest absolute Gasteiger partial charge is 0.458 e. The number of nitrogens with one attached hydrogen (secondary N) is 1. The zero-order valence-electron chi connectivity index (χ0n) is 11.2. The smallest absolute Gasteiger partial charge is 0.323 e. The fourth-order valence-electron chi connectivity index (χ4n) is 1.93. The van der Waals surface area contributed by atoms with Gasteiger partial charge in [0.2, 0.25) is 0 Å². The van der Waals surface area contributed by atoms with Gasteiger partial charge in [0.15, 0.2) is 0 Å². The molecule has 1 fully saturated rings. The van der Waals surface area contributed by atoms with Crippen molar-refractivity contribution >= 4 is 5.97 Å². The van der Waals surface area contributed by atoms with Gasteiger partial charge in [0.25, 0.3) is 0 Å². The number of hydrogen-bond acceptors (Lipinski definition) is 5. The molecule has 0 saturated carbocycles. The van der Waals surface area contributed by atoms with Gasteiger partial charge in [-0.3, -0.25) is 4.79 Å². The summed E-state index contributed by atoms with van der Waals surface area (Å²) in [5.74, 6) is -0.213. The van der Waals surface area contributed by atoms with Gasteiger partial charge < -0.3 is 19.5 Å². The van der Waals surface area contributed by atoms with E-state index in [4.69, 9.17) is 14.2 Å². The molecule has 1 saturated heterocycles. The summed E-state index contributed by atoms with van der Waals surface area (Å²) in [7, 11) is 1.54. The van der Waals surface area contributed by atoms with Crippen LogP contribution in [0.15, 0.2) is 12.7 Å². The highest BCUT2D eigenvalue weighted by Crippen LogP contribution is 2.12. The van der Waals surface area contributed by atoms with E-state index in [9.17, 15) is 4.79 Å². The van der Waals surface area contributed by atoms with Crippen molar-refractivity contribution in [3.8, 4) is 0 Å². The third-order valence-corrected chi connectivity index (χ3v) is 2.97. The summed E-state index contributed by atoms with van der Waals surface area (Å²) in [6.07, 6.45) is 3.91. The summed E-state index contributed by atoms with van der Waals surface area (Å²) >= 11 is 0. The minimum absolute atomic E-state index is 0.153. The monoisotopic (exact) mass is 257 g/mol. The molecule has 18 heavy (non-hydrogen) atoms. The molecule has 0 radical (unpaired) electrons. The lowest BCUT2D eigenvalue weighted by atomic mass is 10.1. The summed E-state index contributed by atoms with van der Waals surface area (Å²) < 4.78 is 15.6. The zero-order valence-corrected chi connectivity index (χ0v) is 11.2. The van der Waals surface area contributed by atoms with Crippen LogP contribution in [0, 0.1) is 0 Å². The van der Waals surface area contributed by atoms with Gasteiger partial charge in [0.1, 0.15) is 25.0 Å². The Morgan fingerprint density at radius 2 is 2.33 bits per heavy atom. The topological polar surface area (TPSA) is 56.8 Å². The van der Waals surface area contributed by atoms with Crippen molar-refractivity contribution in [3.05, 3.63) is 12.7 Å². The van der Waals surface area contributed by atoms with E-state index in [1.165, 1.54) is 0 Å². The van der Waals surface area contributed by atoms with Gasteiger partial charge in [0, 0.05) is 7.11 Å². The number of ether oxygens (including phenoxy) is 3. The number of carbonyl (C=O) groups is 1. The van der Waals surface area contributed by atoms with Crippen molar-refractivity contribution in [2.24, 2.45) is 0 Å². The lowest BCUT2D eigenvalue weighted by molar-refractivity contribution is -0.161. The molecule has 0 aliphatic carbocycles. The maximum absolute atomic E-state index is 11.9. The first kappa shape index (κ1) is 15.1. The molecule has 1 N–H and O–H groups in total. The molecule has 3 atom stereocenters. The molecule has 1 rings (SSSR count). The van der Waals surface area contributed by atoms with Gasteiger partial charge >= 0.3 is 5.97 Å². The Kier molecular flexibility index (Phi) is 6.93. The summed E-state index contributed by atoms with van der Waals surface area (Å²) in [6.45, 7) is 6.49. The molecule has 1 heterocycles. The predicted octanol–water partition coefficient (Wildman–Crippen LogP) is 1.24. The zero-order chi connectivity index (χ0) is 13.4. The molecule has 0 aromatic carbocycles. The van der Waals surface area contributed by atoms with Crippen molar-refractivity contribution in [1.29, 1.82) is 0 Å². The lowest BCUT2D eigenvalue weighted by Gasteiger charge is -2.26. The average Bonchev–Trinajstić information content (AvgIpc) is 2.40. The number of rotatable bonds is 7. The van der Waals surface area contributed by atoms with E-state index in [-0.39, 0.29) is 31.0 Å². The van der Waals surface area contributed by atoms with E-state index in [1.807, 2.05) is 0 Å². The van der Waals surface area contributed by atoms with Crippen molar-refractivity contribution in [2.45, 2.75) is 44.4 Å². The highest BCUT2D eigenvalue weighted by molar-refractivity contribution is 5.76. The van der Waals surface area contributed by atoms with E-state index in [2.05, 4.69) is 11.9 Å². The molecule has 0 unspecified atom stereocenters. The van der Waals surface area contributed by atoms with Crippen LogP contribution in [0.3, 0.4) is 0 Å². The molecule has 0 amide bonds. The number of esters is 1. The molecule has 0 bridgehead atoms. The Labute approximate surface area is 108 Å². The van der Waals surface area contributed by atoms with Gasteiger partial charge in [0.05, 0.1) is 0 Å². The van der Waals surface area contributed by atoms with Crippen LogP contribution in [0.1, 0.15) is 26.2 Å². The fraction of sp³-hybridized carbons (Fsp3) is 0.769. The first-order valence-electron chi connectivity index (χ1n) is 6.36. The predicted molar refractivity (Wildman–Crippen MR) is 68.1 cm³/mol. The van der Waals surface area contributed by atoms with Crippen molar-refractivity contribution in [2.75, 3.05) is 20.4 Å². The maximum Gasteiger partial charge on any atom is 0.323 e. The van der Waals surface area contributed by atoms with E-state index in [1.54, 1.807) is 20.1 Å². The average molecular weight is 257 g/mol. The van der Waals surface area contributed by atoms with E-state index >= 15 is 0 Å². The molecule has 5 heteroatoms. The van der Waals surface area contributed by atoms with Crippen LogP contribution in [0.4, 0.5) is 0 Å². The van der Waals surface area contributed by atoms with E-state index in [0.717, 1.165) is 25.8 Å². The lowest BCUT2D eigenvalue weighted by Crippen LogP contribution is -2.44. The second-order valence-electron chi connectivity index (χ2n) is 4.42. The van der Waals surface area contributed by atoms with Crippen LogP contribution in [0.2, 0.25) is 0 Å². The minimum Gasteiger partial charge on any atom is -0.458 e. The summed E-state index contributed by atoms with van der Waals surface area (Å²) in [4.78, 5) is 11.9. The first-order valence-corrected chi connectivity index (χ1v) is 6.36. The van der Waals surface area contributed by atoms with Crippen LogP contribution >= 0.6 is 0 Å². The van der Waals surface area contributed by atoms with Crippen LogP contribution in [0.25, 0.3) is 0 Å². The second-order valence-corrected chi connectivity index (χ2v) is 4.42. The highest BCUT2D eigenvalue weighted by atomic mass is 16.7. The van der Waals surface area contributed by atoms with E-state index < -0.39 is 0 Å². The normalized spacial score (nSPS) is 23.1. The SMILES string of the molecule is C=C[C@H](OCOC)[C@@H](C)OC(=O)[C@@H]1CCCCN1. The minimum atomic E-state index is -0.367. The number of methoxy groups -OCH3 is 1. The number of hydrogen-bond donors (Lipinski definition) is 1. The molecule has 104 valence electrons. The van der Waals surface area contributed by atoms with Crippen molar-refractivity contribution in [3.63, 3.8) is 0 Å². The Bertz CT molecular complexity index is 264. The molecule has 0 aromatic rings. The van der Waals surface area contributed by atoms with Gasteiger partial charge in [-0.25, -0.2) is 0 Å². The molecule has 0 spiro atoms. The van der Waals surface area contributed by atoms with Crippen LogP contribution in [-0.2, 0) is 19.0 Å². The first-order chi connectivity index (χ1) is 8.69. The molecular weight excluding hydrogens is 234 g/mol. The maximum atomic E-state index is 11.9. The summed E-state index contributed by atoms with van der Waals surface area (Å²) in [5.41, 5.74) is 0. The second kappa shape index (κ2) is 8.24.